The van der Waals surface area contributed by atoms with Gasteiger partial charge in [-0.05, 0) is 41.0 Å². The Morgan fingerprint density at radius 2 is 1.96 bits per heavy atom. The Hall–Kier alpha value is -1.76. The van der Waals surface area contributed by atoms with E-state index < -0.39 is 5.60 Å². The number of nitrogens with zero attached hydrogens (tertiary/aromatic N) is 3. The zero-order valence-corrected chi connectivity index (χ0v) is 15.6. The molecule has 0 aromatic carbocycles. The van der Waals surface area contributed by atoms with Crippen LogP contribution in [0.5, 0.6) is 0 Å². The molecule has 2 heterocycles. The maximum Gasteiger partial charge on any atom is 0.410 e. The van der Waals surface area contributed by atoms with Crippen LogP contribution in [0, 0.1) is 0 Å². The number of carbonyl (C=O) groups is 2. The molecule has 1 aromatic rings. The van der Waals surface area contributed by atoms with Gasteiger partial charge in [-0.2, -0.15) is 5.10 Å². The van der Waals surface area contributed by atoms with E-state index in [0.717, 1.165) is 6.42 Å². The number of nitrogens with one attached hydrogen (secondary N) is 1. The standard InChI is InChI=1S/C16H25ClN4O3/c1-10(2)18-14(22)13-12(17)11-9-20(7-6-8-21(11)19-13)15(23)24-16(3,4)5/h10H,6-9H2,1-5H3,(H,18,22). The van der Waals surface area contributed by atoms with E-state index in [2.05, 4.69) is 10.4 Å². The lowest BCUT2D eigenvalue weighted by Crippen LogP contribution is -2.36. The van der Waals surface area contributed by atoms with Crippen LogP contribution in [0.4, 0.5) is 4.79 Å². The van der Waals surface area contributed by atoms with E-state index in [9.17, 15) is 9.59 Å². The highest BCUT2D eigenvalue weighted by Gasteiger charge is 2.29. The second-order valence-corrected chi connectivity index (χ2v) is 7.59. The Bertz CT molecular complexity index is 634. The number of hydrogen-bond acceptors (Lipinski definition) is 4. The molecular weight excluding hydrogens is 332 g/mol. The molecule has 24 heavy (non-hydrogen) atoms. The first-order chi connectivity index (χ1) is 11.1. The van der Waals surface area contributed by atoms with Crippen LogP contribution in [-0.2, 0) is 17.8 Å². The maximum absolute atomic E-state index is 12.3. The summed E-state index contributed by atoms with van der Waals surface area (Å²) in [6.07, 6.45) is 0.330. The van der Waals surface area contributed by atoms with Crippen LogP contribution < -0.4 is 5.32 Å². The predicted molar refractivity (Wildman–Crippen MR) is 91.1 cm³/mol. The highest BCUT2D eigenvalue weighted by Crippen LogP contribution is 2.26. The number of ether oxygens (including phenoxy) is 1. The Labute approximate surface area is 147 Å². The van der Waals surface area contributed by atoms with Gasteiger partial charge < -0.3 is 15.0 Å². The van der Waals surface area contributed by atoms with Crippen molar-refractivity contribution < 1.29 is 14.3 Å². The van der Waals surface area contributed by atoms with Gasteiger partial charge in [0.05, 0.1) is 17.3 Å². The average molecular weight is 357 g/mol. The topological polar surface area (TPSA) is 76.5 Å². The minimum atomic E-state index is -0.560. The van der Waals surface area contributed by atoms with Gasteiger partial charge in [-0.15, -0.1) is 0 Å². The summed E-state index contributed by atoms with van der Waals surface area (Å²) in [5.41, 5.74) is 0.302. The summed E-state index contributed by atoms with van der Waals surface area (Å²) in [7, 11) is 0. The fourth-order valence-corrected chi connectivity index (χ4v) is 2.72. The van der Waals surface area contributed by atoms with E-state index in [1.165, 1.54) is 0 Å². The summed E-state index contributed by atoms with van der Waals surface area (Å²) < 4.78 is 7.14. The van der Waals surface area contributed by atoms with Gasteiger partial charge in [0, 0.05) is 19.1 Å². The molecule has 1 N–H and O–H groups in total. The van der Waals surface area contributed by atoms with Gasteiger partial charge in [-0.25, -0.2) is 4.79 Å². The number of fused-ring (bicyclic) bond motifs is 1. The summed E-state index contributed by atoms with van der Waals surface area (Å²) >= 11 is 6.37. The summed E-state index contributed by atoms with van der Waals surface area (Å²) in [5.74, 6) is -0.306. The Kier molecular flexibility index (Phi) is 5.42. The fourth-order valence-electron chi connectivity index (χ4n) is 2.44. The molecule has 0 saturated heterocycles. The molecule has 0 spiro atoms. The van der Waals surface area contributed by atoms with Gasteiger partial charge in [0.15, 0.2) is 5.69 Å². The normalized spacial score (nSPS) is 15.0. The molecule has 8 heteroatoms. The molecule has 0 aliphatic carbocycles. The number of hydrogen-bond donors (Lipinski definition) is 1. The second-order valence-electron chi connectivity index (χ2n) is 7.22. The molecule has 0 unspecified atom stereocenters. The van der Waals surface area contributed by atoms with Gasteiger partial charge >= 0.3 is 6.09 Å². The highest BCUT2D eigenvalue weighted by molar-refractivity contribution is 6.34. The van der Waals surface area contributed by atoms with Crippen molar-refractivity contribution in [2.45, 2.75) is 65.8 Å². The number of amides is 2. The van der Waals surface area contributed by atoms with Crippen molar-refractivity contribution in [1.29, 1.82) is 0 Å². The molecule has 2 rings (SSSR count). The van der Waals surface area contributed by atoms with E-state index in [0.29, 0.717) is 23.8 Å². The quantitative estimate of drug-likeness (QED) is 0.884. The third-order valence-corrected chi connectivity index (χ3v) is 3.82. The van der Waals surface area contributed by atoms with Crippen molar-refractivity contribution in [2.75, 3.05) is 6.54 Å². The van der Waals surface area contributed by atoms with Crippen molar-refractivity contribution in [3.05, 3.63) is 16.4 Å². The molecule has 1 aliphatic heterocycles. The SMILES string of the molecule is CC(C)NC(=O)c1nn2c(c1Cl)CN(C(=O)OC(C)(C)C)CCC2. The van der Waals surface area contributed by atoms with Crippen molar-refractivity contribution in [2.24, 2.45) is 0 Å². The lowest BCUT2D eigenvalue weighted by molar-refractivity contribution is 0.0236. The van der Waals surface area contributed by atoms with E-state index in [1.54, 1.807) is 9.58 Å². The van der Waals surface area contributed by atoms with Crippen LogP contribution >= 0.6 is 11.6 Å². The van der Waals surface area contributed by atoms with Crippen LogP contribution in [0.2, 0.25) is 5.02 Å². The molecule has 1 aromatic heterocycles. The zero-order valence-electron chi connectivity index (χ0n) is 14.9. The van der Waals surface area contributed by atoms with Gasteiger partial charge in [-0.1, -0.05) is 11.6 Å². The molecule has 0 radical (unpaired) electrons. The minimum absolute atomic E-state index is 0.00617. The van der Waals surface area contributed by atoms with E-state index in [4.69, 9.17) is 16.3 Å². The Morgan fingerprint density at radius 1 is 1.29 bits per heavy atom. The van der Waals surface area contributed by atoms with Gasteiger partial charge in [0.25, 0.3) is 5.91 Å². The third kappa shape index (κ3) is 4.41. The summed E-state index contributed by atoms with van der Waals surface area (Å²) in [5, 5.41) is 7.41. The number of aryl methyl sites for hydroxylation is 1. The van der Waals surface area contributed by atoms with Gasteiger partial charge in [0.2, 0.25) is 0 Å². The van der Waals surface area contributed by atoms with Crippen molar-refractivity contribution in [3.8, 4) is 0 Å². The Balaban J connectivity index is 2.22. The van der Waals surface area contributed by atoms with Crippen LogP contribution in [-0.4, -0.2) is 44.9 Å². The molecule has 0 saturated carbocycles. The monoisotopic (exact) mass is 356 g/mol. The first-order valence-corrected chi connectivity index (χ1v) is 8.50. The van der Waals surface area contributed by atoms with Crippen molar-refractivity contribution >= 4 is 23.6 Å². The maximum atomic E-state index is 12.3. The molecule has 7 nitrogen and oxygen atoms in total. The number of halogens is 1. The van der Waals surface area contributed by atoms with Crippen LogP contribution in [0.3, 0.4) is 0 Å². The van der Waals surface area contributed by atoms with E-state index >= 15 is 0 Å². The first kappa shape index (κ1) is 18.6. The predicted octanol–water partition coefficient (Wildman–Crippen LogP) is 2.82. The molecule has 134 valence electrons. The number of carbonyl (C=O) groups excluding carboxylic acids is 2. The lowest BCUT2D eigenvalue weighted by atomic mass is 10.2. The number of aromatic nitrogens is 2. The first-order valence-electron chi connectivity index (χ1n) is 8.12. The molecule has 0 atom stereocenters. The zero-order chi connectivity index (χ0) is 18.1. The molecule has 1 aliphatic rings. The smallest absolute Gasteiger partial charge is 0.410 e. The van der Waals surface area contributed by atoms with Crippen molar-refractivity contribution in [3.63, 3.8) is 0 Å². The summed E-state index contributed by atoms with van der Waals surface area (Å²) in [6.45, 7) is 10.7. The third-order valence-electron chi connectivity index (χ3n) is 3.42. The molecule has 0 fully saturated rings. The molecule has 2 amide bonds. The van der Waals surface area contributed by atoms with E-state index in [-0.39, 0.29) is 30.3 Å². The lowest BCUT2D eigenvalue weighted by Gasteiger charge is -2.26. The van der Waals surface area contributed by atoms with Crippen LogP contribution in [0.1, 0.15) is 57.2 Å². The van der Waals surface area contributed by atoms with Gasteiger partial charge in [-0.3, -0.25) is 9.48 Å². The summed E-state index contributed by atoms with van der Waals surface area (Å²) in [6, 6.07) is -0.00617. The Morgan fingerprint density at radius 3 is 2.54 bits per heavy atom. The number of rotatable bonds is 2. The summed E-state index contributed by atoms with van der Waals surface area (Å²) in [4.78, 5) is 26.1. The van der Waals surface area contributed by atoms with Crippen LogP contribution in [0.25, 0.3) is 0 Å². The molecular formula is C16H25ClN4O3. The minimum Gasteiger partial charge on any atom is -0.444 e. The van der Waals surface area contributed by atoms with E-state index in [1.807, 2.05) is 34.6 Å². The highest BCUT2D eigenvalue weighted by atomic mass is 35.5. The largest absolute Gasteiger partial charge is 0.444 e. The van der Waals surface area contributed by atoms with Crippen molar-refractivity contribution in [1.82, 2.24) is 20.0 Å². The second kappa shape index (κ2) is 7.01. The van der Waals surface area contributed by atoms with Gasteiger partial charge in [0.1, 0.15) is 5.60 Å². The fraction of sp³-hybridized carbons (Fsp3) is 0.688. The average Bonchev–Trinajstić information content (AvgIpc) is 2.62. The molecule has 0 bridgehead atoms. The van der Waals surface area contributed by atoms with Crippen LogP contribution in [0.15, 0.2) is 0 Å².